The standard InChI is InChI=1S/C21H24N2O5/c1-3-26-21(24)19-15(13-8-9-17-18(10-13)28-12-27-17)11-23(22)20(19)14-6-4-5-7-16(14)25-2/h4-10,15,19-20H,3,11-12,22H2,1-2H3. The highest BCUT2D eigenvalue weighted by atomic mass is 16.7. The van der Waals surface area contributed by atoms with Gasteiger partial charge < -0.3 is 18.9 Å². The zero-order chi connectivity index (χ0) is 19.7. The Morgan fingerprint density at radius 3 is 2.79 bits per heavy atom. The van der Waals surface area contributed by atoms with E-state index in [0.29, 0.717) is 30.4 Å². The maximum Gasteiger partial charge on any atom is 0.311 e. The Hall–Kier alpha value is -2.77. The molecule has 0 radical (unpaired) electrons. The van der Waals surface area contributed by atoms with E-state index >= 15 is 0 Å². The van der Waals surface area contributed by atoms with Crippen LogP contribution in [0.2, 0.25) is 0 Å². The maximum absolute atomic E-state index is 13.0. The number of para-hydroxylation sites is 1. The molecule has 3 unspecified atom stereocenters. The Morgan fingerprint density at radius 2 is 2.00 bits per heavy atom. The predicted octanol–water partition coefficient (Wildman–Crippen LogP) is 2.62. The van der Waals surface area contributed by atoms with Crippen LogP contribution in [0.4, 0.5) is 0 Å². The zero-order valence-corrected chi connectivity index (χ0v) is 16.0. The van der Waals surface area contributed by atoms with Gasteiger partial charge in [0.15, 0.2) is 11.5 Å². The van der Waals surface area contributed by atoms with Gasteiger partial charge in [-0.2, -0.15) is 0 Å². The van der Waals surface area contributed by atoms with Crippen LogP contribution in [-0.4, -0.2) is 38.0 Å². The summed E-state index contributed by atoms with van der Waals surface area (Å²) < 4.78 is 21.9. The minimum atomic E-state index is -0.471. The van der Waals surface area contributed by atoms with Crippen LogP contribution in [0.15, 0.2) is 42.5 Å². The molecular weight excluding hydrogens is 360 g/mol. The quantitative estimate of drug-likeness (QED) is 0.627. The predicted molar refractivity (Wildman–Crippen MR) is 102 cm³/mol. The van der Waals surface area contributed by atoms with Gasteiger partial charge in [-0.1, -0.05) is 24.3 Å². The van der Waals surface area contributed by atoms with E-state index in [4.69, 9.17) is 24.8 Å². The molecule has 2 heterocycles. The van der Waals surface area contributed by atoms with E-state index in [2.05, 4.69) is 0 Å². The number of hydrazine groups is 1. The van der Waals surface area contributed by atoms with Gasteiger partial charge in [-0.25, -0.2) is 5.01 Å². The van der Waals surface area contributed by atoms with Crippen LogP contribution in [0.1, 0.15) is 30.0 Å². The zero-order valence-electron chi connectivity index (χ0n) is 16.0. The van der Waals surface area contributed by atoms with Crippen molar-refractivity contribution in [2.45, 2.75) is 18.9 Å². The Kier molecular flexibility index (Phi) is 5.11. The number of benzene rings is 2. The normalized spacial score (nSPS) is 23.6. The summed E-state index contributed by atoms with van der Waals surface area (Å²) in [6.45, 7) is 2.83. The highest BCUT2D eigenvalue weighted by Crippen LogP contribution is 2.48. The molecule has 0 aromatic heterocycles. The molecule has 7 nitrogen and oxygen atoms in total. The van der Waals surface area contributed by atoms with Crippen LogP contribution in [-0.2, 0) is 9.53 Å². The minimum absolute atomic E-state index is 0.145. The van der Waals surface area contributed by atoms with Gasteiger partial charge >= 0.3 is 5.97 Å². The SMILES string of the molecule is CCOC(=O)C1C(c2ccc3c(c2)OCO3)CN(N)C1c1ccccc1OC. The molecule has 0 bridgehead atoms. The number of hydrogen-bond acceptors (Lipinski definition) is 7. The summed E-state index contributed by atoms with van der Waals surface area (Å²) >= 11 is 0. The molecular formula is C21H24N2O5. The van der Waals surface area contributed by atoms with Crippen LogP contribution in [0.25, 0.3) is 0 Å². The molecule has 1 fully saturated rings. The first-order valence-corrected chi connectivity index (χ1v) is 9.34. The van der Waals surface area contributed by atoms with Gasteiger partial charge in [0.05, 0.1) is 25.7 Å². The fourth-order valence-corrected chi connectivity index (χ4v) is 4.15. The molecule has 148 valence electrons. The lowest BCUT2D eigenvalue weighted by Crippen LogP contribution is -2.34. The van der Waals surface area contributed by atoms with Gasteiger partial charge in [0.2, 0.25) is 6.79 Å². The first-order valence-electron chi connectivity index (χ1n) is 9.34. The molecule has 4 rings (SSSR count). The van der Waals surface area contributed by atoms with Gasteiger partial charge in [0, 0.05) is 18.0 Å². The largest absolute Gasteiger partial charge is 0.496 e. The van der Waals surface area contributed by atoms with Crippen molar-refractivity contribution in [2.75, 3.05) is 27.1 Å². The first kappa shape index (κ1) is 18.6. The highest BCUT2D eigenvalue weighted by molar-refractivity contribution is 5.76. The molecule has 28 heavy (non-hydrogen) atoms. The third-order valence-corrected chi connectivity index (χ3v) is 5.38. The summed E-state index contributed by atoms with van der Waals surface area (Å²) in [6.07, 6.45) is 0. The smallest absolute Gasteiger partial charge is 0.311 e. The molecule has 2 aromatic rings. The summed E-state index contributed by atoms with van der Waals surface area (Å²) in [7, 11) is 1.61. The average Bonchev–Trinajstić information content (AvgIpc) is 3.31. The topological polar surface area (TPSA) is 83.3 Å². The van der Waals surface area contributed by atoms with Crippen LogP contribution in [0.5, 0.6) is 17.2 Å². The lowest BCUT2D eigenvalue weighted by molar-refractivity contribution is -0.149. The lowest BCUT2D eigenvalue weighted by Gasteiger charge is -2.26. The number of fused-ring (bicyclic) bond motifs is 1. The van der Waals surface area contributed by atoms with E-state index in [9.17, 15) is 4.79 Å². The number of ether oxygens (including phenoxy) is 4. The maximum atomic E-state index is 13.0. The fourth-order valence-electron chi connectivity index (χ4n) is 4.15. The van der Waals surface area contributed by atoms with E-state index in [1.165, 1.54) is 0 Å². The molecule has 0 aliphatic carbocycles. The summed E-state index contributed by atoms with van der Waals surface area (Å²) in [5.74, 6) is 7.62. The van der Waals surface area contributed by atoms with E-state index in [1.807, 2.05) is 42.5 Å². The van der Waals surface area contributed by atoms with Crippen molar-refractivity contribution in [1.82, 2.24) is 5.01 Å². The van der Waals surface area contributed by atoms with E-state index in [1.54, 1.807) is 19.0 Å². The number of esters is 1. The molecule has 0 amide bonds. The number of hydrogen-bond donors (Lipinski definition) is 1. The van der Waals surface area contributed by atoms with Crippen LogP contribution in [0, 0.1) is 5.92 Å². The van der Waals surface area contributed by atoms with Crippen LogP contribution < -0.4 is 20.1 Å². The number of rotatable bonds is 5. The van der Waals surface area contributed by atoms with Crippen molar-refractivity contribution in [3.05, 3.63) is 53.6 Å². The van der Waals surface area contributed by atoms with Crippen molar-refractivity contribution in [3.63, 3.8) is 0 Å². The molecule has 7 heteroatoms. The third-order valence-electron chi connectivity index (χ3n) is 5.38. The van der Waals surface area contributed by atoms with Gasteiger partial charge in [-0.15, -0.1) is 0 Å². The number of carbonyl (C=O) groups is 1. The average molecular weight is 384 g/mol. The molecule has 2 aromatic carbocycles. The van der Waals surface area contributed by atoms with E-state index < -0.39 is 5.92 Å². The van der Waals surface area contributed by atoms with Crippen molar-refractivity contribution in [1.29, 1.82) is 0 Å². The van der Waals surface area contributed by atoms with Crippen molar-refractivity contribution in [3.8, 4) is 17.2 Å². The number of nitrogens with two attached hydrogens (primary N) is 1. The molecule has 0 saturated carbocycles. The molecule has 2 aliphatic heterocycles. The Bertz CT molecular complexity index is 872. The molecule has 2 aliphatic rings. The number of nitrogens with zero attached hydrogens (tertiary/aromatic N) is 1. The van der Waals surface area contributed by atoms with Crippen molar-refractivity contribution >= 4 is 5.97 Å². The second-order valence-electron chi connectivity index (χ2n) is 6.88. The van der Waals surface area contributed by atoms with Crippen LogP contribution in [0.3, 0.4) is 0 Å². The summed E-state index contributed by atoms with van der Waals surface area (Å²) in [6, 6.07) is 13.0. The van der Waals surface area contributed by atoms with E-state index in [-0.39, 0.29) is 24.7 Å². The summed E-state index contributed by atoms with van der Waals surface area (Å²) in [4.78, 5) is 13.0. The Morgan fingerprint density at radius 1 is 1.21 bits per heavy atom. The third kappa shape index (κ3) is 3.16. The van der Waals surface area contributed by atoms with Crippen molar-refractivity contribution in [2.24, 2.45) is 11.8 Å². The second-order valence-corrected chi connectivity index (χ2v) is 6.88. The fraction of sp³-hybridized carbons (Fsp3) is 0.381. The molecule has 2 N–H and O–H groups in total. The van der Waals surface area contributed by atoms with Gasteiger partial charge in [-0.3, -0.25) is 10.6 Å². The van der Waals surface area contributed by atoms with Gasteiger partial charge in [-0.05, 0) is 30.7 Å². The monoisotopic (exact) mass is 384 g/mol. The minimum Gasteiger partial charge on any atom is -0.496 e. The number of carbonyl (C=O) groups excluding carboxylic acids is 1. The van der Waals surface area contributed by atoms with Crippen LogP contribution >= 0.6 is 0 Å². The van der Waals surface area contributed by atoms with Crippen molar-refractivity contribution < 1.29 is 23.7 Å². The molecule has 3 atom stereocenters. The Labute approximate surface area is 163 Å². The van der Waals surface area contributed by atoms with Gasteiger partial charge in [0.25, 0.3) is 0 Å². The lowest BCUT2D eigenvalue weighted by atomic mass is 9.82. The number of methoxy groups -OCH3 is 1. The van der Waals surface area contributed by atoms with Gasteiger partial charge in [0.1, 0.15) is 5.75 Å². The first-order chi connectivity index (χ1) is 13.6. The molecule has 1 saturated heterocycles. The highest BCUT2D eigenvalue weighted by Gasteiger charge is 2.48. The van der Waals surface area contributed by atoms with E-state index in [0.717, 1.165) is 11.1 Å². The Balaban J connectivity index is 1.75. The second kappa shape index (κ2) is 7.69. The molecule has 0 spiro atoms. The summed E-state index contributed by atoms with van der Waals surface area (Å²) in [5.41, 5.74) is 1.84. The summed E-state index contributed by atoms with van der Waals surface area (Å²) in [5, 5.41) is 1.70.